The summed E-state index contributed by atoms with van der Waals surface area (Å²) in [6.45, 7) is 1.67. The SMILES string of the molecule is COCCc1ccccc1NC1CCOC2(CCCC2)C1. The Labute approximate surface area is 128 Å². The van der Waals surface area contributed by atoms with Crippen LogP contribution in [0.5, 0.6) is 0 Å². The van der Waals surface area contributed by atoms with Crippen molar-refractivity contribution in [3.63, 3.8) is 0 Å². The minimum atomic E-state index is 0.178. The van der Waals surface area contributed by atoms with E-state index in [-0.39, 0.29) is 5.60 Å². The fourth-order valence-electron chi connectivity index (χ4n) is 3.83. The maximum absolute atomic E-state index is 6.13. The van der Waals surface area contributed by atoms with Gasteiger partial charge in [-0.1, -0.05) is 31.0 Å². The van der Waals surface area contributed by atoms with Gasteiger partial charge in [-0.15, -0.1) is 0 Å². The zero-order chi connectivity index (χ0) is 14.5. The Balaban J connectivity index is 1.65. The van der Waals surface area contributed by atoms with Crippen LogP contribution >= 0.6 is 0 Å². The zero-order valence-corrected chi connectivity index (χ0v) is 13.1. The molecule has 3 nitrogen and oxygen atoms in total. The van der Waals surface area contributed by atoms with E-state index in [1.165, 1.54) is 36.9 Å². The minimum absolute atomic E-state index is 0.178. The lowest BCUT2D eigenvalue weighted by Gasteiger charge is -2.39. The van der Waals surface area contributed by atoms with Gasteiger partial charge in [0.25, 0.3) is 0 Å². The molecule has 0 radical (unpaired) electrons. The van der Waals surface area contributed by atoms with E-state index in [9.17, 15) is 0 Å². The number of nitrogens with one attached hydrogen (secondary N) is 1. The Morgan fingerprint density at radius 3 is 2.90 bits per heavy atom. The van der Waals surface area contributed by atoms with Crippen LogP contribution in [-0.4, -0.2) is 32.0 Å². The third kappa shape index (κ3) is 3.58. The fourth-order valence-corrected chi connectivity index (χ4v) is 3.83. The summed E-state index contributed by atoms with van der Waals surface area (Å²) in [5.41, 5.74) is 2.80. The number of hydrogen-bond donors (Lipinski definition) is 1. The van der Waals surface area contributed by atoms with Crippen molar-refractivity contribution in [3.05, 3.63) is 29.8 Å². The molecule has 21 heavy (non-hydrogen) atoms. The molecular formula is C18H27NO2. The molecule has 1 atom stereocenters. The van der Waals surface area contributed by atoms with Gasteiger partial charge in [0.05, 0.1) is 12.2 Å². The molecule has 1 spiro atoms. The van der Waals surface area contributed by atoms with Crippen LogP contribution in [0.3, 0.4) is 0 Å². The Morgan fingerprint density at radius 1 is 1.29 bits per heavy atom. The van der Waals surface area contributed by atoms with Gasteiger partial charge in [-0.3, -0.25) is 0 Å². The topological polar surface area (TPSA) is 30.5 Å². The van der Waals surface area contributed by atoms with Gasteiger partial charge in [0.15, 0.2) is 0 Å². The largest absolute Gasteiger partial charge is 0.384 e. The van der Waals surface area contributed by atoms with E-state index in [0.717, 1.165) is 32.5 Å². The van der Waals surface area contributed by atoms with E-state index < -0.39 is 0 Å². The highest BCUT2D eigenvalue weighted by Gasteiger charge is 2.39. The molecular weight excluding hydrogens is 262 g/mol. The lowest BCUT2D eigenvalue weighted by atomic mass is 9.88. The van der Waals surface area contributed by atoms with E-state index in [1.807, 2.05) is 0 Å². The predicted octanol–water partition coefficient (Wildman–Crippen LogP) is 3.78. The highest BCUT2D eigenvalue weighted by molar-refractivity contribution is 5.52. The van der Waals surface area contributed by atoms with Crippen molar-refractivity contribution in [1.82, 2.24) is 0 Å². The molecule has 1 N–H and O–H groups in total. The van der Waals surface area contributed by atoms with Crippen LogP contribution in [0, 0.1) is 0 Å². The Hall–Kier alpha value is -1.06. The summed E-state index contributed by atoms with van der Waals surface area (Å²) < 4.78 is 11.3. The molecule has 2 aliphatic rings. The zero-order valence-electron chi connectivity index (χ0n) is 13.1. The Bertz CT molecular complexity index is 454. The van der Waals surface area contributed by atoms with Gasteiger partial charge in [0.1, 0.15) is 0 Å². The monoisotopic (exact) mass is 289 g/mol. The molecule has 1 saturated heterocycles. The smallest absolute Gasteiger partial charge is 0.0702 e. The summed E-state index contributed by atoms with van der Waals surface area (Å²) in [5, 5.41) is 3.77. The lowest BCUT2D eigenvalue weighted by Crippen LogP contribution is -2.42. The third-order valence-electron chi connectivity index (χ3n) is 4.96. The standard InChI is InChI=1S/C18H27NO2/c1-20-12-8-15-6-2-3-7-17(15)19-16-9-13-21-18(14-16)10-4-5-11-18/h2-3,6-7,16,19H,4-5,8-14H2,1H3. The van der Waals surface area contributed by atoms with E-state index >= 15 is 0 Å². The van der Waals surface area contributed by atoms with E-state index in [2.05, 4.69) is 29.6 Å². The number of methoxy groups -OCH3 is 1. The van der Waals surface area contributed by atoms with Crippen molar-refractivity contribution >= 4 is 5.69 Å². The molecule has 1 aromatic rings. The molecule has 1 aliphatic carbocycles. The second-order valence-corrected chi connectivity index (χ2v) is 6.47. The lowest BCUT2D eigenvalue weighted by molar-refractivity contribution is -0.0767. The van der Waals surface area contributed by atoms with E-state index in [1.54, 1.807) is 7.11 Å². The van der Waals surface area contributed by atoms with Gasteiger partial charge in [-0.2, -0.15) is 0 Å². The summed E-state index contributed by atoms with van der Waals surface area (Å²) in [4.78, 5) is 0. The molecule has 1 saturated carbocycles. The van der Waals surface area contributed by atoms with Crippen LogP contribution in [0.15, 0.2) is 24.3 Å². The predicted molar refractivity (Wildman–Crippen MR) is 85.8 cm³/mol. The van der Waals surface area contributed by atoms with Crippen LogP contribution in [0.2, 0.25) is 0 Å². The van der Waals surface area contributed by atoms with Crippen molar-refractivity contribution in [2.75, 3.05) is 25.6 Å². The summed E-state index contributed by atoms with van der Waals surface area (Å²) >= 11 is 0. The molecule has 3 rings (SSSR count). The first-order valence-electron chi connectivity index (χ1n) is 8.29. The van der Waals surface area contributed by atoms with Gasteiger partial charge in [-0.25, -0.2) is 0 Å². The van der Waals surface area contributed by atoms with Crippen LogP contribution < -0.4 is 5.32 Å². The summed E-state index contributed by atoms with van der Waals surface area (Å²) in [6.07, 6.45) is 8.39. The maximum Gasteiger partial charge on any atom is 0.0702 e. The second-order valence-electron chi connectivity index (χ2n) is 6.47. The number of para-hydroxylation sites is 1. The summed E-state index contributed by atoms with van der Waals surface area (Å²) in [7, 11) is 1.76. The number of rotatable bonds is 5. The van der Waals surface area contributed by atoms with Crippen molar-refractivity contribution in [3.8, 4) is 0 Å². The van der Waals surface area contributed by atoms with Gasteiger partial charge in [0, 0.05) is 25.4 Å². The van der Waals surface area contributed by atoms with Crippen LogP contribution in [0.4, 0.5) is 5.69 Å². The van der Waals surface area contributed by atoms with Crippen molar-refractivity contribution in [2.24, 2.45) is 0 Å². The Morgan fingerprint density at radius 2 is 2.10 bits per heavy atom. The quantitative estimate of drug-likeness (QED) is 0.895. The number of anilines is 1. The first-order chi connectivity index (χ1) is 10.3. The molecule has 1 heterocycles. The summed E-state index contributed by atoms with van der Waals surface area (Å²) in [6, 6.07) is 9.16. The maximum atomic E-state index is 6.13. The highest BCUT2D eigenvalue weighted by atomic mass is 16.5. The Kier molecular flexibility index (Phi) is 4.81. The molecule has 116 valence electrons. The van der Waals surface area contributed by atoms with Crippen molar-refractivity contribution in [2.45, 2.75) is 56.6 Å². The summed E-state index contributed by atoms with van der Waals surface area (Å²) in [5.74, 6) is 0. The second kappa shape index (κ2) is 6.80. The van der Waals surface area contributed by atoms with Crippen LogP contribution in [-0.2, 0) is 15.9 Å². The normalized spacial score (nSPS) is 24.3. The molecule has 0 bridgehead atoms. The molecule has 1 unspecified atom stereocenters. The van der Waals surface area contributed by atoms with Crippen molar-refractivity contribution in [1.29, 1.82) is 0 Å². The average Bonchev–Trinajstić information content (AvgIpc) is 2.94. The van der Waals surface area contributed by atoms with Gasteiger partial charge in [-0.05, 0) is 43.7 Å². The van der Waals surface area contributed by atoms with Gasteiger partial charge >= 0.3 is 0 Å². The first kappa shape index (κ1) is 14.9. The molecule has 3 heteroatoms. The molecule has 1 aromatic carbocycles. The average molecular weight is 289 g/mol. The van der Waals surface area contributed by atoms with E-state index in [0.29, 0.717) is 6.04 Å². The fraction of sp³-hybridized carbons (Fsp3) is 0.667. The number of benzene rings is 1. The molecule has 2 fully saturated rings. The van der Waals surface area contributed by atoms with Crippen molar-refractivity contribution < 1.29 is 9.47 Å². The number of hydrogen-bond acceptors (Lipinski definition) is 3. The molecule has 1 aliphatic heterocycles. The first-order valence-corrected chi connectivity index (χ1v) is 8.29. The third-order valence-corrected chi connectivity index (χ3v) is 4.96. The molecule has 0 amide bonds. The van der Waals surface area contributed by atoms with Crippen LogP contribution in [0.25, 0.3) is 0 Å². The van der Waals surface area contributed by atoms with Gasteiger partial charge < -0.3 is 14.8 Å². The van der Waals surface area contributed by atoms with Gasteiger partial charge in [0.2, 0.25) is 0 Å². The number of ether oxygens (including phenoxy) is 2. The van der Waals surface area contributed by atoms with E-state index in [4.69, 9.17) is 9.47 Å². The minimum Gasteiger partial charge on any atom is -0.384 e. The highest BCUT2D eigenvalue weighted by Crippen LogP contribution is 2.40. The molecule has 0 aromatic heterocycles. The van der Waals surface area contributed by atoms with Crippen LogP contribution in [0.1, 0.15) is 44.1 Å².